The van der Waals surface area contributed by atoms with Crippen molar-refractivity contribution >= 4 is 11.0 Å². The van der Waals surface area contributed by atoms with Crippen molar-refractivity contribution in [3.05, 3.63) is 83.9 Å². The number of aromatic nitrogens is 2. The largest absolute Gasteiger partial charge is 0.295 e. The maximum absolute atomic E-state index is 2.38. The molecule has 26 heavy (non-hydrogen) atoms. The second kappa shape index (κ2) is 6.45. The van der Waals surface area contributed by atoms with Gasteiger partial charge in [-0.25, -0.2) is 4.57 Å². The van der Waals surface area contributed by atoms with E-state index in [1.807, 2.05) is 0 Å². The lowest BCUT2D eigenvalue weighted by molar-refractivity contribution is -0.633. The van der Waals surface area contributed by atoms with Crippen molar-refractivity contribution in [1.82, 2.24) is 4.57 Å². The minimum atomic E-state index is 0.509. The lowest BCUT2D eigenvalue weighted by Gasteiger charge is -2.11. The average Bonchev–Trinajstić information content (AvgIpc) is 2.95. The molecule has 0 saturated heterocycles. The summed E-state index contributed by atoms with van der Waals surface area (Å²) < 4.78 is 4.69. The quantitative estimate of drug-likeness (QED) is 0.432. The first kappa shape index (κ1) is 16.6. The first-order valence-corrected chi connectivity index (χ1v) is 9.23. The molecule has 4 aromatic rings. The Balaban J connectivity index is 2.11. The van der Waals surface area contributed by atoms with E-state index in [4.69, 9.17) is 0 Å². The smallest absolute Gasteiger partial charge is 0.225 e. The number of nitrogens with zero attached hydrogens (tertiary/aromatic N) is 2. The van der Waals surface area contributed by atoms with Gasteiger partial charge in [0.2, 0.25) is 0 Å². The highest BCUT2D eigenvalue weighted by Gasteiger charge is 2.26. The molecule has 0 bridgehead atoms. The Labute approximate surface area is 155 Å². The molecule has 0 aliphatic carbocycles. The van der Waals surface area contributed by atoms with Crippen LogP contribution in [0.4, 0.5) is 0 Å². The number of benzene rings is 3. The van der Waals surface area contributed by atoms with E-state index in [1.54, 1.807) is 0 Å². The summed E-state index contributed by atoms with van der Waals surface area (Å²) in [4.78, 5) is 0. The molecule has 0 amide bonds. The normalized spacial score (nSPS) is 11.4. The van der Waals surface area contributed by atoms with Crippen LogP contribution in [0.25, 0.3) is 28.1 Å². The van der Waals surface area contributed by atoms with Gasteiger partial charge in [0, 0.05) is 0 Å². The zero-order valence-corrected chi connectivity index (χ0v) is 15.9. The second-order valence-corrected chi connectivity index (χ2v) is 7.27. The lowest BCUT2D eigenvalue weighted by Crippen LogP contribution is -2.30. The molecule has 0 spiro atoms. The summed E-state index contributed by atoms with van der Waals surface area (Å²) in [5, 5.41) is 0. The van der Waals surface area contributed by atoms with Crippen LogP contribution in [0.5, 0.6) is 0 Å². The van der Waals surface area contributed by atoms with Crippen LogP contribution in [0.3, 0.4) is 0 Å². The van der Waals surface area contributed by atoms with Crippen molar-refractivity contribution in [2.75, 3.05) is 0 Å². The van der Waals surface area contributed by atoms with Gasteiger partial charge >= 0.3 is 0 Å². The van der Waals surface area contributed by atoms with Crippen LogP contribution in [0.2, 0.25) is 0 Å². The van der Waals surface area contributed by atoms with Gasteiger partial charge < -0.3 is 0 Å². The topological polar surface area (TPSA) is 8.81 Å². The highest BCUT2D eigenvalue weighted by Crippen LogP contribution is 2.31. The summed E-state index contributed by atoms with van der Waals surface area (Å²) >= 11 is 0. The lowest BCUT2D eigenvalue weighted by atomic mass is 9.97. The van der Waals surface area contributed by atoms with E-state index < -0.39 is 0 Å². The minimum absolute atomic E-state index is 0.509. The molecular formula is C24H25N2+. The molecule has 0 saturated carbocycles. The highest BCUT2D eigenvalue weighted by molar-refractivity contribution is 5.79. The molecule has 0 N–H and O–H groups in total. The molecule has 1 aromatic heterocycles. The van der Waals surface area contributed by atoms with E-state index in [1.165, 1.54) is 39.2 Å². The Morgan fingerprint density at radius 2 is 1.54 bits per heavy atom. The fraction of sp³-hybridized carbons (Fsp3) is 0.208. The number of rotatable bonds is 3. The van der Waals surface area contributed by atoms with Crippen molar-refractivity contribution < 1.29 is 4.57 Å². The monoisotopic (exact) mass is 341 g/mol. The molecule has 0 radical (unpaired) electrons. The van der Waals surface area contributed by atoms with Crippen LogP contribution in [0.15, 0.2) is 72.8 Å². The van der Waals surface area contributed by atoms with Gasteiger partial charge in [-0.3, -0.25) is 0 Å². The maximum atomic E-state index is 2.38. The summed E-state index contributed by atoms with van der Waals surface area (Å²) in [5.41, 5.74) is 7.61. The predicted molar refractivity (Wildman–Crippen MR) is 109 cm³/mol. The van der Waals surface area contributed by atoms with Gasteiger partial charge in [-0.15, -0.1) is 0 Å². The summed E-state index contributed by atoms with van der Waals surface area (Å²) in [6, 6.07) is 26.1. The molecule has 2 heteroatoms. The van der Waals surface area contributed by atoms with Crippen LogP contribution in [-0.4, -0.2) is 4.57 Å². The van der Waals surface area contributed by atoms with Crippen LogP contribution in [-0.2, 0) is 7.05 Å². The average molecular weight is 341 g/mol. The Bertz CT molecular complexity index is 1070. The molecule has 1 heterocycles. The Morgan fingerprint density at radius 3 is 2.27 bits per heavy atom. The molecular weight excluding hydrogens is 316 g/mol. The van der Waals surface area contributed by atoms with Gasteiger partial charge in [0.05, 0.1) is 12.6 Å². The van der Waals surface area contributed by atoms with E-state index in [0.717, 1.165) is 0 Å². The summed E-state index contributed by atoms with van der Waals surface area (Å²) in [6.07, 6.45) is 0. The third kappa shape index (κ3) is 2.62. The highest BCUT2D eigenvalue weighted by atomic mass is 15.2. The van der Waals surface area contributed by atoms with Crippen molar-refractivity contribution in [2.24, 2.45) is 7.05 Å². The zero-order chi connectivity index (χ0) is 18.3. The Kier molecular flexibility index (Phi) is 4.12. The minimum Gasteiger partial charge on any atom is -0.225 e. The number of para-hydroxylation sites is 3. The molecule has 0 fully saturated rings. The second-order valence-electron chi connectivity index (χ2n) is 7.27. The van der Waals surface area contributed by atoms with Crippen LogP contribution < -0.4 is 4.57 Å². The standard InChI is InChI=1S/C24H25N2/c1-17(2)19-15-14-18(3)21(16-19)24-25(4)22-12-8-9-13-23(22)26(24)20-10-6-5-7-11-20/h5-17H,1-4H3/q+1. The van der Waals surface area contributed by atoms with Crippen molar-refractivity contribution in [1.29, 1.82) is 0 Å². The summed E-state index contributed by atoms with van der Waals surface area (Å²) in [5.74, 6) is 1.73. The number of hydrogen-bond acceptors (Lipinski definition) is 0. The van der Waals surface area contributed by atoms with Gasteiger partial charge in [0.25, 0.3) is 5.82 Å². The zero-order valence-electron chi connectivity index (χ0n) is 15.9. The van der Waals surface area contributed by atoms with E-state index in [-0.39, 0.29) is 0 Å². The van der Waals surface area contributed by atoms with Gasteiger partial charge in [0.1, 0.15) is 5.69 Å². The van der Waals surface area contributed by atoms with Crippen LogP contribution in [0, 0.1) is 6.92 Å². The van der Waals surface area contributed by atoms with Gasteiger partial charge in [-0.1, -0.05) is 56.3 Å². The van der Waals surface area contributed by atoms with E-state index >= 15 is 0 Å². The van der Waals surface area contributed by atoms with E-state index in [9.17, 15) is 0 Å². The fourth-order valence-electron chi connectivity index (χ4n) is 3.69. The molecule has 130 valence electrons. The molecule has 0 aliphatic heterocycles. The Morgan fingerprint density at radius 1 is 0.846 bits per heavy atom. The summed E-state index contributed by atoms with van der Waals surface area (Å²) in [7, 11) is 2.17. The predicted octanol–water partition coefficient (Wildman–Crippen LogP) is 5.55. The number of fused-ring (bicyclic) bond motifs is 1. The van der Waals surface area contributed by atoms with E-state index in [0.29, 0.717) is 5.92 Å². The molecule has 3 aromatic carbocycles. The molecule has 0 unspecified atom stereocenters. The molecule has 4 rings (SSSR count). The van der Waals surface area contributed by atoms with Crippen LogP contribution >= 0.6 is 0 Å². The van der Waals surface area contributed by atoms with E-state index in [2.05, 4.69) is 110 Å². The van der Waals surface area contributed by atoms with Crippen molar-refractivity contribution in [3.63, 3.8) is 0 Å². The Hall–Kier alpha value is -2.87. The van der Waals surface area contributed by atoms with Crippen molar-refractivity contribution in [2.45, 2.75) is 26.7 Å². The molecule has 2 nitrogen and oxygen atoms in total. The van der Waals surface area contributed by atoms with Crippen molar-refractivity contribution in [3.8, 4) is 17.1 Å². The first-order chi connectivity index (χ1) is 12.6. The third-order valence-corrected chi connectivity index (χ3v) is 5.20. The van der Waals surface area contributed by atoms with Gasteiger partial charge in [-0.2, -0.15) is 4.57 Å². The summed E-state index contributed by atoms with van der Waals surface area (Å²) in [6.45, 7) is 6.70. The van der Waals surface area contributed by atoms with Gasteiger partial charge in [0.15, 0.2) is 11.0 Å². The van der Waals surface area contributed by atoms with Crippen LogP contribution in [0.1, 0.15) is 30.9 Å². The maximum Gasteiger partial charge on any atom is 0.295 e. The number of imidazole rings is 1. The van der Waals surface area contributed by atoms with Gasteiger partial charge in [-0.05, 0) is 54.3 Å². The number of hydrogen-bond donors (Lipinski definition) is 0. The SMILES string of the molecule is Cc1ccc(C(C)C)cc1-c1n(-c2ccccc2)c2ccccc2[n+]1C. The fourth-order valence-corrected chi connectivity index (χ4v) is 3.69. The molecule has 0 atom stereocenters. The number of aryl methyl sites for hydroxylation is 2. The molecule has 0 aliphatic rings. The first-order valence-electron chi connectivity index (χ1n) is 9.23. The third-order valence-electron chi connectivity index (χ3n) is 5.20.